The van der Waals surface area contributed by atoms with Gasteiger partial charge in [0.1, 0.15) is 0 Å². The Labute approximate surface area is 93.5 Å². The normalized spacial score (nSPS) is 31.2. The lowest BCUT2D eigenvalue weighted by Crippen LogP contribution is -2.30. The number of hydrogen-bond donors (Lipinski definition) is 1. The number of rotatable bonds is 4. The van der Waals surface area contributed by atoms with E-state index in [-0.39, 0.29) is 11.9 Å². The van der Waals surface area contributed by atoms with Crippen molar-refractivity contribution in [2.45, 2.75) is 51.9 Å². The van der Waals surface area contributed by atoms with E-state index in [2.05, 4.69) is 26.1 Å². The van der Waals surface area contributed by atoms with Crippen LogP contribution >= 0.6 is 0 Å². The van der Waals surface area contributed by atoms with Crippen LogP contribution in [0.15, 0.2) is 0 Å². The summed E-state index contributed by atoms with van der Waals surface area (Å²) in [5.74, 6) is 0.592. The first-order chi connectivity index (χ1) is 7.03. The molecular weight excluding hydrogens is 190 g/mol. The second-order valence-corrected chi connectivity index (χ2v) is 5.20. The summed E-state index contributed by atoms with van der Waals surface area (Å²) in [5, 5.41) is 3.14. The van der Waals surface area contributed by atoms with Crippen molar-refractivity contribution in [3.05, 3.63) is 0 Å². The molecule has 90 valence electrons. The van der Waals surface area contributed by atoms with E-state index in [0.717, 1.165) is 32.4 Å². The van der Waals surface area contributed by atoms with Crippen LogP contribution in [0.5, 0.6) is 0 Å². The average Bonchev–Trinajstić information content (AvgIpc) is 2.24. The molecule has 0 aromatic rings. The number of ether oxygens (including phenoxy) is 2. The van der Waals surface area contributed by atoms with Gasteiger partial charge in [0.15, 0.2) is 6.29 Å². The highest BCUT2D eigenvalue weighted by atomic mass is 16.7. The van der Waals surface area contributed by atoms with Gasteiger partial charge in [-0.15, -0.1) is 0 Å². The highest BCUT2D eigenvalue weighted by Gasteiger charge is 2.30. The first-order valence-electron chi connectivity index (χ1n) is 5.97. The van der Waals surface area contributed by atoms with Gasteiger partial charge < -0.3 is 14.8 Å². The molecule has 1 N–H and O–H groups in total. The van der Waals surface area contributed by atoms with Gasteiger partial charge in [0.05, 0.1) is 12.2 Å². The molecule has 1 rings (SSSR count). The van der Waals surface area contributed by atoms with E-state index in [0.29, 0.717) is 5.92 Å². The summed E-state index contributed by atoms with van der Waals surface area (Å²) < 4.78 is 11.7. The highest BCUT2D eigenvalue weighted by Crippen LogP contribution is 2.28. The molecule has 0 spiro atoms. The topological polar surface area (TPSA) is 30.5 Å². The SMILES string of the molecule is CNCCCC1OCC(C)CC(C)(C)O1. The quantitative estimate of drug-likeness (QED) is 0.729. The molecule has 1 aliphatic rings. The van der Waals surface area contributed by atoms with Gasteiger partial charge in [-0.25, -0.2) is 0 Å². The summed E-state index contributed by atoms with van der Waals surface area (Å²) in [6, 6.07) is 0. The monoisotopic (exact) mass is 215 g/mol. The lowest BCUT2D eigenvalue weighted by molar-refractivity contribution is -0.185. The van der Waals surface area contributed by atoms with Crippen LogP contribution in [0.4, 0.5) is 0 Å². The van der Waals surface area contributed by atoms with Crippen molar-refractivity contribution in [2.75, 3.05) is 20.2 Å². The van der Waals surface area contributed by atoms with Crippen LogP contribution in [0.25, 0.3) is 0 Å². The van der Waals surface area contributed by atoms with Gasteiger partial charge in [-0.1, -0.05) is 6.92 Å². The van der Waals surface area contributed by atoms with E-state index in [9.17, 15) is 0 Å². The first-order valence-corrected chi connectivity index (χ1v) is 5.97. The van der Waals surface area contributed by atoms with Gasteiger partial charge in [0.2, 0.25) is 0 Å². The maximum Gasteiger partial charge on any atom is 0.158 e. The minimum atomic E-state index is -0.0414. The fraction of sp³-hybridized carbons (Fsp3) is 1.00. The van der Waals surface area contributed by atoms with Gasteiger partial charge in [-0.05, 0) is 52.6 Å². The Morgan fingerprint density at radius 1 is 1.40 bits per heavy atom. The van der Waals surface area contributed by atoms with Crippen molar-refractivity contribution < 1.29 is 9.47 Å². The summed E-state index contributed by atoms with van der Waals surface area (Å²) in [5.41, 5.74) is -0.0414. The average molecular weight is 215 g/mol. The van der Waals surface area contributed by atoms with Crippen LogP contribution in [-0.2, 0) is 9.47 Å². The van der Waals surface area contributed by atoms with E-state index in [1.807, 2.05) is 7.05 Å². The molecule has 1 fully saturated rings. The Morgan fingerprint density at radius 3 is 2.80 bits per heavy atom. The highest BCUT2D eigenvalue weighted by molar-refractivity contribution is 4.75. The molecule has 0 saturated carbocycles. The molecule has 1 saturated heterocycles. The molecule has 1 heterocycles. The van der Waals surface area contributed by atoms with Gasteiger partial charge in [-0.2, -0.15) is 0 Å². The molecule has 0 radical (unpaired) electrons. The standard InChI is InChI=1S/C12H25NO2/c1-10-8-12(2,3)15-11(14-9-10)6-5-7-13-4/h10-11,13H,5-9H2,1-4H3. The Kier molecular flexibility index (Phi) is 5.03. The maximum absolute atomic E-state index is 5.97. The van der Waals surface area contributed by atoms with E-state index >= 15 is 0 Å². The summed E-state index contributed by atoms with van der Waals surface area (Å²) in [6.45, 7) is 8.39. The van der Waals surface area contributed by atoms with Crippen LogP contribution in [0, 0.1) is 5.92 Å². The lowest BCUT2D eigenvalue weighted by atomic mass is 9.96. The molecule has 1 aliphatic heterocycles. The summed E-state index contributed by atoms with van der Waals surface area (Å²) in [6.07, 6.45) is 3.15. The largest absolute Gasteiger partial charge is 0.352 e. The van der Waals surface area contributed by atoms with Crippen LogP contribution in [0.1, 0.15) is 40.0 Å². The van der Waals surface area contributed by atoms with E-state index in [1.54, 1.807) is 0 Å². The van der Waals surface area contributed by atoms with Crippen molar-refractivity contribution in [3.8, 4) is 0 Å². The molecular formula is C12H25NO2. The summed E-state index contributed by atoms with van der Waals surface area (Å²) >= 11 is 0. The molecule has 0 amide bonds. The fourth-order valence-electron chi connectivity index (χ4n) is 2.20. The van der Waals surface area contributed by atoms with Crippen LogP contribution in [-0.4, -0.2) is 32.1 Å². The van der Waals surface area contributed by atoms with Gasteiger partial charge in [-0.3, -0.25) is 0 Å². The molecule has 3 nitrogen and oxygen atoms in total. The maximum atomic E-state index is 5.97. The number of hydrogen-bond acceptors (Lipinski definition) is 3. The molecule has 2 unspecified atom stereocenters. The predicted molar refractivity (Wildman–Crippen MR) is 61.8 cm³/mol. The second-order valence-electron chi connectivity index (χ2n) is 5.20. The molecule has 3 heteroatoms. The van der Waals surface area contributed by atoms with Crippen LogP contribution < -0.4 is 5.32 Å². The van der Waals surface area contributed by atoms with Crippen molar-refractivity contribution in [1.82, 2.24) is 5.32 Å². The van der Waals surface area contributed by atoms with Crippen molar-refractivity contribution in [1.29, 1.82) is 0 Å². The zero-order chi connectivity index (χ0) is 11.3. The van der Waals surface area contributed by atoms with Crippen LogP contribution in [0.3, 0.4) is 0 Å². The van der Waals surface area contributed by atoms with E-state index < -0.39 is 0 Å². The Hall–Kier alpha value is -0.120. The minimum absolute atomic E-state index is 0.0155. The number of nitrogens with one attached hydrogen (secondary N) is 1. The smallest absolute Gasteiger partial charge is 0.158 e. The van der Waals surface area contributed by atoms with Crippen molar-refractivity contribution in [2.24, 2.45) is 5.92 Å². The van der Waals surface area contributed by atoms with Crippen molar-refractivity contribution >= 4 is 0 Å². The van der Waals surface area contributed by atoms with E-state index in [4.69, 9.17) is 9.47 Å². The van der Waals surface area contributed by atoms with Crippen LogP contribution in [0.2, 0.25) is 0 Å². The Balaban J connectivity index is 2.37. The molecule has 0 aromatic carbocycles. The first kappa shape index (κ1) is 12.9. The Bertz CT molecular complexity index is 182. The molecule has 0 bridgehead atoms. The van der Waals surface area contributed by atoms with Gasteiger partial charge in [0, 0.05) is 0 Å². The third-order valence-corrected chi connectivity index (χ3v) is 2.72. The zero-order valence-corrected chi connectivity index (χ0v) is 10.5. The molecule has 2 atom stereocenters. The lowest BCUT2D eigenvalue weighted by Gasteiger charge is -2.27. The summed E-state index contributed by atoms with van der Waals surface area (Å²) in [7, 11) is 1.97. The molecule has 0 aliphatic carbocycles. The summed E-state index contributed by atoms with van der Waals surface area (Å²) in [4.78, 5) is 0. The van der Waals surface area contributed by atoms with E-state index in [1.165, 1.54) is 0 Å². The minimum Gasteiger partial charge on any atom is -0.352 e. The second kappa shape index (κ2) is 5.83. The fourth-order valence-corrected chi connectivity index (χ4v) is 2.20. The Morgan fingerprint density at radius 2 is 2.13 bits per heavy atom. The molecule has 15 heavy (non-hydrogen) atoms. The van der Waals surface area contributed by atoms with Gasteiger partial charge >= 0.3 is 0 Å². The molecule has 0 aromatic heterocycles. The van der Waals surface area contributed by atoms with Crippen molar-refractivity contribution in [3.63, 3.8) is 0 Å². The predicted octanol–water partition coefficient (Wildman–Crippen LogP) is 2.16. The third kappa shape index (κ3) is 4.96. The third-order valence-electron chi connectivity index (χ3n) is 2.72. The van der Waals surface area contributed by atoms with Gasteiger partial charge in [0.25, 0.3) is 0 Å². The zero-order valence-electron chi connectivity index (χ0n) is 10.5.